The van der Waals surface area contributed by atoms with Gasteiger partial charge in [0.05, 0.1) is 11.3 Å². The van der Waals surface area contributed by atoms with E-state index in [0.29, 0.717) is 0 Å². The molecule has 21 heavy (non-hydrogen) atoms. The first-order chi connectivity index (χ1) is 9.54. The van der Waals surface area contributed by atoms with E-state index in [1.165, 1.54) is 19.9 Å². The Bertz CT molecular complexity index is 624. The van der Waals surface area contributed by atoms with E-state index in [-0.39, 0.29) is 15.6 Å². The number of nitrogens with one attached hydrogen (secondary N) is 1. The van der Waals surface area contributed by atoms with Crippen LogP contribution >= 0.6 is 15.9 Å². The van der Waals surface area contributed by atoms with Gasteiger partial charge >= 0.3 is 12.1 Å². The van der Waals surface area contributed by atoms with Crippen molar-refractivity contribution >= 4 is 33.5 Å². The molecule has 0 radical (unpaired) electrons. The highest BCUT2D eigenvalue weighted by atomic mass is 79.9. The zero-order valence-corrected chi connectivity index (χ0v) is 12.6. The van der Waals surface area contributed by atoms with E-state index in [9.17, 15) is 22.8 Å². The van der Waals surface area contributed by atoms with Gasteiger partial charge in [-0.3, -0.25) is 4.79 Å². The number of rotatable bonds is 3. The second-order valence-corrected chi connectivity index (χ2v) is 5.11. The van der Waals surface area contributed by atoms with Gasteiger partial charge in [0.15, 0.2) is 0 Å². The predicted octanol–water partition coefficient (Wildman–Crippen LogP) is 3.83. The number of halogens is 4. The second kappa shape index (κ2) is 6.30. The van der Waals surface area contributed by atoms with Crippen molar-refractivity contribution in [1.29, 1.82) is 0 Å². The molecule has 1 amide bonds. The highest BCUT2D eigenvalue weighted by molar-refractivity contribution is 9.10. The van der Waals surface area contributed by atoms with Crippen molar-refractivity contribution < 1.29 is 27.9 Å². The Morgan fingerprint density at radius 1 is 1.19 bits per heavy atom. The lowest BCUT2D eigenvalue weighted by Crippen LogP contribution is -2.19. The molecule has 0 aliphatic rings. The van der Waals surface area contributed by atoms with Crippen molar-refractivity contribution in [3.05, 3.63) is 39.4 Å². The number of anilines is 1. The maximum atomic E-state index is 12.9. The number of hydrogen-bond donors (Lipinski definition) is 2. The Hall–Kier alpha value is -1.83. The first-order valence-corrected chi connectivity index (χ1v) is 6.42. The number of carboxylic acids is 1. The maximum Gasteiger partial charge on any atom is 0.418 e. The number of carbonyl (C=O) groups excluding carboxylic acids is 1. The zero-order chi connectivity index (χ0) is 16.4. The quantitative estimate of drug-likeness (QED) is 0.800. The van der Waals surface area contributed by atoms with Crippen LogP contribution in [-0.2, 0) is 15.8 Å². The lowest BCUT2D eigenvalue weighted by molar-refractivity contribution is -0.137. The molecule has 4 nitrogen and oxygen atoms in total. The third-order valence-corrected chi connectivity index (χ3v) is 3.25. The second-order valence-electron chi connectivity index (χ2n) is 4.20. The van der Waals surface area contributed by atoms with E-state index in [1.807, 2.05) is 0 Å². The molecular weight excluding hydrogens is 355 g/mol. The lowest BCUT2D eigenvalue weighted by Gasteiger charge is -2.14. The fourth-order valence-electron chi connectivity index (χ4n) is 1.41. The third kappa shape index (κ3) is 4.32. The number of carbonyl (C=O) groups is 2. The van der Waals surface area contributed by atoms with Crippen LogP contribution < -0.4 is 5.32 Å². The first-order valence-electron chi connectivity index (χ1n) is 5.63. The number of aliphatic carboxylic acids is 1. The van der Waals surface area contributed by atoms with Crippen LogP contribution in [0.2, 0.25) is 0 Å². The van der Waals surface area contributed by atoms with Crippen molar-refractivity contribution in [2.45, 2.75) is 20.0 Å². The Labute approximate surface area is 126 Å². The van der Waals surface area contributed by atoms with E-state index in [0.717, 1.165) is 12.1 Å². The van der Waals surface area contributed by atoms with Crippen LogP contribution in [0.5, 0.6) is 0 Å². The SMILES string of the molecule is CC(C(=O)O)=C(C)C(=O)Nc1ccc(Br)cc1C(F)(F)F. The Morgan fingerprint density at radius 2 is 1.76 bits per heavy atom. The normalized spacial score (nSPS) is 12.7. The Balaban J connectivity index is 3.18. The molecule has 0 saturated carbocycles. The summed E-state index contributed by atoms with van der Waals surface area (Å²) in [5, 5.41) is 10.8. The van der Waals surface area contributed by atoms with Gasteiger partial charge in [-0.2, -0.15) is 13.2 Å². The largest absolute Gasteiger partial charge is 0.478 e. The number of hydrogen-bond acceptors (Lipinski definition) is 2. The highest BCUT2D eigenvalue weighted by Crippen LogP contribution is 2.36. The molecule has 0 aliphatic heterocycles. The van der Waals surface area contributed by atoms with Crippen molar-refractivity contribution in [1.82, 2.24) is 0 Å². The summed E-state index contributed by atoms with van der Waals surface area (Å²) in [4.78, 5) is 22.6. The van der Waals surface area contributed by atoms with Gasteiger partial charge in [0, 0.05) is 15.6 Å². The van der Waals surface area contributed by atoms with Gasteiger partial charge in [0.25, 0.3) is 5.91 Å². The van der Waals surface area contributed by atoms with Gasteiger partial charge in [-0.15, -0.1) is 0 Å². The number of benzene rings is 1. The molecule has 1 rings (SSSR count). The summed E-state index contributed by atoms with van der Waals surface area (Å²) in [6.07, 6.45) is -4.65. The van der Waals surface area contributed by atoms with E-state index in [4.69, 9.17) is 5.11 Å². The van der Waals surface area contributed by atoms with Crippen molar-refractivity contribution in [2.75, 3.05) is 5.32 Å². The standard InChI is InChI=1S/C13H11BrF3NO3/c1-6(7(2)12(20)21)11(19)18-10-4-3-8(14)5-9(10)13(15,16)17/h3-5H,1-2H3,(H,18,19)(H,20,21). The van der Waals surface area contributed by atoms with Gasteiger partial charge in [0.2, 0.25) is 0 Å². The molecule has 114 valence electrons. The van der Waals surface area contributed by atoms with Crippen LogP contribution in [0.25, 0.3) is 0 Å². The van der Waals surface area contributed by atoms with Gasteiger partial charge in [0.1, 0.15) is 0 Å². The van der Waals surface area contributed by atoms with Crippen LogP contribution in [0.1, 0.15) is 19.4 Å². The topological polar surface area (TPSA) is 66.4 Å². The molecule has 1 aromatic carbocycles. The maximum absolute atomic E-state index is 12.9. The molecule has 1 aromatic rings. The molecule has 0 heterocycles. The average Bonchev–Trinajstić information content (AvgIpc) is 2.37. The third-order valence-electron chi connectivity index (χ3n) is 2.76. The van der Waals surface area contributed by atoms with E-state index in [1.54, 1.807) is 0 Å². The molecular formula is C13H11BrF3NO3. The molecule has 8 heteroatoms. The first kappa shape index (κ1) is 17.2. The van der Waals surface area contributed by atoms with Crippen LogP contribution in [0, 0.1) is 0 Å². The molecule has 0 bridgehead atoms. The molecule has 0 unspecified atom stereocenters. The van der Waals surface area contributed by atoms with Gasteiger partial charge in [-0.25, -0.2) is 4.79 Å². The lowest BCUT2D eigenvalue weighted by atomic mass is 10.1. The highest BCUT2D eigenvalue weighted by Gasteiger charge is 2.34. The molecule has 0 aliphatic carbocycles. The van der Waals surface area contributed by atoms with E-state index < -0.39 is 29.3 Å². The van der Waals surface area contributed by atoms with Crippen molar-refractivity contribution in [3.63, 3.8) is 0 Å². The molecule has 0 aromatic heterocycles. The minimum absolute atomic E-state index is 0.168. The summed E-state index contributed by atoms with van der Waals surface area (Å²) in [6.45, 7) is 2.43. The summed E-state index contributed by atoms with van der Waals surface area (Å²) >= 11 is 2.93. The number of alkyl halides is 3. The van der Waals surface area contributed by atoms with Crippen LogP contribution in [0.15, 0.2) is 33.8 Å². The zero-order valence-electron chi connectivity index (χ0n) is 11.0. The molecule has 0 fully saturated rings. The monoisotopic (exact) mass is 365 g/mol. The van der Waals surface area contributed by atoms with E-state index >= 15 is 0 Å². The van der Waals surface area contributed by atoms with Crippen molar-refractivity contribution in [3.8, 4) is 0 Å². The Morgan fingerprint density at radius 3 is 2.24 bits per heavy atom. The minimum Gasteiger partial charge on any atom is -0.478 e. The van der Waals surface area contributed by atoms with Crippen LogP contribution in [0.3, 0.4) is 0 Å². The van der Waals surface area contributed by atoms with Crippen LogP contribution in [0.4, 0.5) is 18.9 Å². The minimum atomic E-state index is -4.65. The molecule has 2 N–H and O–H groups in total. The Kier molecular flexibility index (Phi) is 5.16. The number of carboxylic acid groups (broad SMARTS) is 1. The fraction of sp³-hybridized carbons (Fsp3) is 0.231. The van der Waals surface area contributed by atoms with Crippen LogP contribution in [-0.4, -0.2) is 17.0 Å². The summed E-state index contributed by atoms with van der Waals surface area (Å²) in [7, 11) is 0. The summed E-state index contributed by atoms with van der Waals surface area (Å²) < 4.78 is 38.9. The van der Waals surface area contributed by atoms with E-state index in [2.05, 4.69) is 21.2 Å². The van der Waals surface area contributed by atoms with Gasteiger partial charge in [-0.1, -0.05) is 15.9 Å². The molecule has 0 spiro atoms. The smallest absolute Gasteiger partial charge is 0.418 e. The van der Waals surface area contributed by atoms with Gasteiger partial charge < -0.3 is 10.4 Å². The molecule has 0 atom stereocenters. The van der Waals surface area contributed by atoms with Crippen molar-refractivity contribution in [2.24, 2.45) is 0 Å². The molecule has 0 saturated heterocycles. The van der Waals surface area contributed by atoms with Gasteiger partial charge in [-0.05, 0) is 32.0 Å². The predicted molar refractivity (Wildman–Crippen MR) is 73.8 cm³/mol. The summed E-state index contributed by atoms with van der Waals surface area (Å²) in [5.74, 6) is -2.21. The number of amides is 1. The fourth-order valence-corrected chi connectivity index (χ4v) is 1.77. The average molecular weight is 366 g/mol. The summed E-state index contributed by atoms with van der Waals surface area (Å²) in [5.41, 5.74) is -1.86. The summed E-state index contributed by atoms with van der Waals surface area (Å²) in [6, 6.07) is 3.26.